The second-order valence-electron chi connectivity index (χ2n) is 16.8. The maximum Gasteiger partial charge on any atom is 0.481 e. The van der Waals surface area contributed by atoms with E-state index in [4.69, 9.17) is 29.0 Å². The molecular formula is C50H79N3O16P2. The molecule has 71 heavy (non-hydrogen) atoms. The third-order valence-corrected chi connectivity index (χ3v) is 13.2. The van der Waals surface area contributed by atoms with Gasteiger partial charge in [0.2, 0.25) is 0 Å². The number of hydrogen-bond donors (Lipinski definition) is 6. The number of nitrogens with two attached hydrogens (primary N) is 1. The van der Waals surface area contributed by atoms with Gasteiger partial charge in [0.15, 0.2) is 12.3 Å². The number of phosphoric acid groups is 2. The molecule has 1 aromatic heterocycles. The maximum absolute atomic E-state index is 12.8. The van der Waals surface area contributed by atoms with Crippen LogP contribution in [0.2, 0.25) is 0 Å². The van der Waals surface area contributed by atoms with Gasteiger partial charge in [-0.1, -0.05) is 131 Å². The second kappa shape index (κ2) is 37.6. The van der Waals surface area contributed by atoms with Crippen molar-refractivity contribution in [1.82, 2.24) is 9.55 Å². The number of aromatic nitrogens is 2. The molecule has 7 N–H and O–H groups in total. The number of esters is 2. The van der Waals surface area contributed by atoms with Crippen molar-refractivity contribution in [3.05, 3.63) is 108 Å². The lowest BCUT2D eigenvalue weighted by molar-refractivity contribution is -0.161. The Morgan fingerprint density at radius 3 is 1.94 bits per heavy atom. The lowest BCUT2D eigenvalue weighted by Gasteiger charge is -2.21. The molecule has 1 aliphatic rings. The van der Waals surface area contributed by atoms with E-state index in [0.717, 1.165) is 68.6 Å². The number of allylic oxidation sites excluding steroid dienone is 13. The van der Waals surface area contributed by atoms with E-state index in [1.165, 1.54) is 25.3 Å². The number of aliphatic hydroxyl groups excluding tert-OH is 3. The van der Waals surface area contributed by atoms with E-state index in [1.807, 2.05) is 48.6 Å². The number of phosphoric ester groups is 2. The van der Waals surface area contributed by atoms with Crippen molar-refractivity contribution < 1.29 is 71.4 Å². The molecule has 0 spiro atoms. The number of carbonyl (C=O) groups excluding carboxylic acids is 2. The molecule has 400 valence electrons. The van der Waals surface area contributed by atoms with Crippen molar-refractivity contribution in [3.63, 3.8) is 0 Å². The predicted molar refractivity (Wildman–Crippen MR) is 271 cm³/mol. The first kappa shape index (κ1) is 63.0. The van der Waals surface area contributed by atoms with Gasteiger partial charge in [0.05, 0.1) is 19.3 Å². The van der Waals surface area contributed by atoms with Gasteiger partial charge >= 0.3 is 33.3 Å². The first-order valence-electron chi connectivity index (χ1n) is 24.7. The Kier molecular flexibility index (Phi) is 33.4. The summed E-state index contributed by atoms with van der Waals surface area (Å²) in [6.07, 6.45) is 35.7. The minimum Gasteiger partial charge on any atom is -0.462 e. The molecule has 1 aromatic rings. The molecule has 21 heteroatoms. The summed E-state index contributed by atoms with van der Waals surface area (Å²) >= 11 is 0. The zero-order valence-corrected chi connectivity index (χ0v) is 43.1. The fourth-order valence-electron chi connectivity index (χ4n) is 6.66. The number of hydrogen-bond acceptors (Lipinski definition) is 16. The van der Waals surface area contributed by atoms with E-state index in [-0.39, 0.29) is 18.7 Å². The normalized spacial score (nSPS) is 20.3. The zero-order valence-electron chi connectivity index (χ0n) is 41.4. The van der Waals surface area contributed by atoms with Crippen LogP contribution in [0.4, 0.5) is 5.82 Å². The average Bonchev–Trinajstić information content (AvgIpc) is 3.60. The van der Waals surface area contributed by atoms with Crippen molar-refractivity contribution in [3.8, 4) is 0 Å². The van der Waals surface area contributed by atoms with Crippen molar-refractivity contribution in [1.29, 1.82) is 0 Å². The molecular weight excluding hydrogens is 961 g/mol. The molecule has 2 unspecified atom stereocenters. The first-order valence-corrected chi connectivity index (χ1v) is 27.7. The fraction of sp³-hybridized carbons (Fsp3) is 0.600. The highest BCUT2D eigenvalue weighted by Crippen LogP contribution is 2.60. The van der Waals surface area contributed by atoms with Crippen LogP contribution in [0.5, 0.6) is 0 Å². The Bertz CT molecular complexity index is 2040. The standard InChI is InChI=1S/C50H79N3O16P2/c1-3-5-7-8-9-10-11-12-13-14-17-20-23-26-30-34-45(55)64-38-42(67-46(56)35-31-27-24-21-18-15-16-19-22-25-29-33-41(54)32-28-6-4-2)39-65-70(60,61)69-71(62,63)66-40-43-47(57)48(58)49(68-43)53-37-36-44(51)52-50(53)59/h9-10,12-13,15-17,20-22,24-25,29,33,36-37,41-43,47-49,54,57-58H,3-8,11,14,18-19,23,26-28,30-32,34-35,38-40H2,1-2H3,(H,60,61)(H,62,63)(H2,51,52,59)/b10-9-,13-12-,16-15-,20-17-,24-21-,25-22-,33-29+/t41-,42+,43+,47+,48+,49+/m0/s1. The molecule has 19 nitrogen and oxygen atoms in total. The van der Waals surface area contributed by atoms with E-state index in [0.29, 0.717) is 32.1 Å². The van der Waals surface area contributed by atoms with Gasteiger partial charge in [-0.05, 0) is 83.1 Å². The molecule has 2 rings (SSSR count). The van der Waals surface area contributed by atoms with Crippen LogP contribution >= 0.6 is 15.6 Å². The molecule has 0 amide bonds. The number of nitrogen functional groups attached to an aromatic ring is 1. The van der Waals surface area contributed by atoms with Gasteiger partial charge in [0, 0.05) is 19.0 Å². The van der Waals surface area contributed by atoms with Crippen LogP contribution in [0.15, 0.2) is 102 Å². The Balaban J connectivity index is 1.87. The van der Waals surface area contributed by atoms with E-state index in [2.05, 4.69) is 53.5 Å². The van der Waals surface area contributed by atoms with Gasteiger partial charge < -0.3 is 45.1 Å². The van der Waals surface area contributed by atoms with E-state index in [9.17, 15) is 48.6 Å². The molecule has 0 aromatic carbocycles. The predicted octanol–water partition coefficient (Wildman–Crippen LogP) is 8.86. The van der Waals surface area contributed by atoms with Crippen LogP contribution in [-0.2, 0) is 46.3 Å². The van der Waals surface area contributed by atoms with Gasteiger partial charge in [-0.15, -0.1) is 0 Å². The summed E-state index contributed by atoms with van der Waals surface area (Å²) in [5.74, 6) is -1.45. The largest absolute Gasteiger partial charge is 0.481 e. The van der Waals surface area contributed by atoms with E-state index < -0.39 is 89.8 Å². The number of carbonyl (C=O) groups is 2. The molecule has 2 heterocycles. The molecule has 8 atom stereocenters. The SMILES string of the molecule is CCCCC/C=C\C/C=C\C/C=C\CCCCC(=O)OC[C@H](COP(=O)(O)OP(=O)(O)OC[C@H]1O[C@@H](n2ccc(N)nc2=O)[C@H](O)[C@@H]1O)OC(=O)CCC/C=C\C/C=C\C/C=C\C=C\[C@@H](O)CCCCC. The highest BCUT2D eigenvalue weighted by molar-refractivity contribution is 7.61. The van der Waals surface area contributed by atoms with Gasteiger partial charge in [0.1, 0.15) is 30.7 Å². The molecule has 0 radical (unpaired) electrons. The lowest BCUT2D eigenvalue weighted by Crippen LogP contribution is -2.36. The third-order valence-electron chi connectivity index (χ3n) is 10.6. The van der Waals surface area contributed by atoms with Crippen molar-refractivity contribution in [2.45, 2.75) is 173 Å². The van der Waals surface area contributed by atoms with Crippen molar-refractivity contribution in [2.24, 2.45) is 0 Å². The Labute approximate surface area is 419 Å². The van der Waals surface area contributed by atoms with Gasteiger partial charge in [0.25, 0.3) is 0 Å². The van der Waals surface area contributed by atoms with E-state index >= 15 is 0 Å². The number of rotatable bonds is 39. The van der Waals surface area contributed by atoms with Crippen molar-refractivity contribution >= 4 is 33.4 Å². The Hall–Kier alpha value is -4.10. The van der Waals surface area contributed by atoms with Crippen LogP contribution in [-0.4, -0.2) is 96.9 Å². The molecule has 0 aliphatic carbocycles. The van der Waals surface area contributed by atoms with Crippen LogP contribution in [0.1, 0.15) is 142 Å². The molecule has 1 fully saturated rings. The summed E-state index contributed by atoms with van der Waals surface area (Å²) in [4.78, 5) is 61.8. The highest BCUT2D eigenvalue weighted by atomic mass is 31.3. The smallest absolute Gasteiger partial charge is 0.462 e. The topological polar surface area (TPSA) is 286 Å². The number of aliphatic hydroxyl groups is 3. The first-order chi connectivity index (χ1) is 34.1. The lowest BCUT2D eigenvalue weighted by atomic mass is 10.1. The summed E-state index contributed by atoms with van der Waals surface area (Å²) in [7, 11) is -10.9. The summed E-state index contributed by atoms with van der Waals surface area (Å²) in [6, 6.07) is 1.24. The number of anilines is 1. The van der Waals surface area contributed by atoms with Gasteiger partial charge in [-0.25, -0.2) is 13.9 Å². The summed E-state index contributed by atoms with van der Waals surface area (Å²) in [6.45, 7) is 1.88. The van der Waals surface area contributed by atoms with Crippen LogP contribution in [0.3, 0.4) is 0 Å². The van der Waals surface area contributed by atoms with Gasteiger partial charge in [-0.2, -0.15) is 9.29 Å². The molecule has 1 saturated heterocycles. The maximum atomic E-state index is 12.8. The number of unbranched alkanes of at least 4 members (excludes halogenated alkanes) is 8. The zero-order chi connectivity index (χ0) is 52.2. The molecule has 0 saturated carbocycles. The number of ether oxygens (including phenoxy) is 3. The molecule has 0 bridgehead atoms. The van der Waals surface area contributed by atoms with Crippen molar-refractivity contribution in [2.75, 3.05) is 25.6 Å². The minimum atomic E-state index is -5.46. The third kappa shape index (κ3) is 30.5. The van der Waals surface area contributed by atoms with Gasteiger partial charge in [-0.3, -0.25) is 23.2 Å². The number of nitrogens with zero attached hydrogens (tertiary/aromatic N) is 2. The minimum absolute atomic E-state index is 0.0527. The quantitative estimate of drug-likeness (QED) is 0.0118. The average molecular weight is 1040 g/mol. The summed E-state index contributed by atoms with van der Waals surface area (Å²) in [5.41, 5.74) is 4.57. The molecule has 1 aliphatic heterocycles. The van der Waals surface area contributed by atoms with Crippen LogP contribution in [0.25, 0.3) is 0 Å². The second-order valence-corrected chi connectivity index (χ2v) is 19.8. The van der Waals surface area contributed by atoms with Crippen LogP contribution in [0, 0.1) is 0 Å². The highest BCUT2D eigenvalue weighted by Gasteiger charge is 2.46. The fourth-order valence-corrected chi connectivity index (χ4v) is 8.77. The Morgan fingerprint density at radius 1 is 0.746 bits per heavy atom. The van der Waals surface area contributed by atoms with Crippen LogP contribution < -0.4 is 11.4 Å². The van der Waals surface area contributed by atoms with E-state index in [1.54, 1.807) is 6.08 Å². The summed E-state index contributed by atoms with van der Waals surface area (Å²) in [5, 5.41) is 30.8. The summed E-state index contributed by atoms with van der Waals surface area (Å²) < 4.78 is 56.6. The monoisotopic (exact) mass is 1040 g/mol. The Morgan fingerprint density at radius 2 is 1.31 bits per heavy atom.